The molecule has 0 saturated carbocycles. The first-order valence-electron chi connectivity index (χ1n) is 9.23. The summed E-state index contributed by atoms with van der Waals surface area (Å²) < 4.78 is 5.05. The highest BCUT2D eigenvalue weighted by Gasteiger charge is 2.20. The minimum absolute atomic E-state index is 0.00924. The predicted molar refractivity (Wildman–Crippen MR) is 108 cm³/mol. The second-order valence-electron chi connectivity index (χ2n) is 6.18. The summed E-state index contributed by atoms with van der Waals surface area (Å²) in [4.78, 5) is 32.9. The van der Waals surface area contributed by atoms with Crippen LogP contribution >= 0.6 is 11.3 Å². The van der Waals surface area contributed by atoms with E-state index in [2.05, 4.69) is 25.9 Å². The molecule has 2 unspecified atom stereocenters. The molecule has 27 heavy (non-hydrogen) atoms. The summed E-state index contributed by atoms with van der Waals surface area (Å²) >= 11 is 1.31. The summed E-state index contributed by atoms with van der Waals surface area (Å²) in [5, 5.41) is 10.0. The van der Waals surface area contributed by atoms with E-state index in [1.165, 1.54) is 11.3 Å². The van der Waals surface area contributed by atoms with Gasteiger partial charge in [0.2, 0.25) is 5.91 Å². The van der Waals surface area contributed by atoms with Gasteiger partial charge in [-0.1, -0.05) is 6.92 Å². The van der Waals surface area contributed by atoms with Crippen LogP contribution in [0.1, 0.15) is 67.0 Å². The lowest BCUT2D eigenvalue weighted by Crippen LogP contribution is -2.41. The van der Waals surface area contributed by atoms with Crippen LogP contribution in [-0.4, -0.2) is 49.1 Å². The number of rotatable bonds is 9. The van der Waals surface area contributed by atoms with Gasteiger partial charge >= 0.3 is 5.97 Å². The molecule has 0 aliphatic heterocycles. The van der Waals surface area contributed by atoms with Gasteiger partial charge in [-0.25, -0.2) is 9.78 Å². The maximum absolute atomic E-state index is 11.9. The summed E-state index contributed by atoms with van der Waals surface area (Å²) in [5.74, 6) is 0.236. The van der Waals surface area contributed by atoms with E-state index in [1.54, 1.807) is 20.9 Å². The lowest BCUT2D eigenvalue weighted by atomic mass is 10.2. The lowest BCUT2D eigenvalue weighted by molar-refractivity contribution is -0.121. The highest BCUT2D eigenvalue weighted by atomic mass is 32.1. The molecule has 9 heteroatoms. The van der Waals surface area contributed by atoms with Crippen LogP contribution in [0.2, 0.25) is 0 Å². The molecule has 1 rings (SSSR count). The molecule has 1 heterocycles. The molecule has 0 spiro atoms. The van der Waals surface area contributed by atoms with Crippen LogP contribution in [0.25, 0.3) is 0 Å². The van der Waals surface area contributed by atoms with E-state index in [0.29, 0.717) is 36.1 Å². The molecule has 0 aliphatic carbocycles. The second-order valence-corrected chi connectivity index (χ2v) is 7.21. The van der Waals surface area contributed by atoms with Gasteiger partial charge in [0.15, 0.2) is 5.96 Å². The smallest absolute Gasteiger partial charge is 0.350 e. The number of aliphatic imine (C=N–C) groups is 1. The highest BCUT2D eigenvalue weighted by molar-refractivity contribution is 7.13. The molecule has 152 valence electrons. The zero-order chi connectivity index (χ0) is 20.4. The van der Waals surface area contributed by atoms with Gasteiger partial charge in [-0.05, 0) is 34.1 Å². The normalized spacial score (nSPS) is 13.6. The number of amides is 1. The Labute approximate surface area is 165 Å². The molecule has 2 atom stereocenters. The van der Waals surface area contributed by atoms with Crippen LogP contribution < -0.4 is 16.0 Å². The topological polar surface area (TPSA) is 105 Å². The molecule has 0 radical (unpaired) electrons. The van der Waals surface area contributed by atoms with Gasteiger partial charge in [0, 0.05) is 26.1 Å². The molecule has 3 N–H and O–H groups in total. The Balaban J connectivity index is 2.56. The Kier molecular flexibility index (Phi) is 9.77. The third-order valence-corrected chi connectivity index (χ3v) is 5.21. The Hall–Kier alpha value is -2.16. The number of esters is 1. The van der Waals surface area contributed by atoms with E-state index in [4.69, 9.17) is 4.74 Å². The highest BCUT2D eigenvalue weighted by Crippen LogP contribution is 2.24. The van der Waals surface area contributed by atoms with Gasteiger partial charge in [-0.15, -0.1) is 11.3 Å². The zero-order valence-corrected chi connectivity index (χ0v) is 17.8. The third-order valence-electron chi connectivity index (χ3n) is 3.89. The number of thiazole rings is 1. The average Bonchev–Trinajstić information content (AvgIpc) is 3.02. The molecular formula is C18H31N5O3S. The van der Waals surface area contributed by atoms with Gasteiger partial charge in [-0.2, -0.15) is 0 Å². The number of nitrogens with zero attached hydrogens (tertiary/aromatic N) is 2. The number of hydrogen-bond acceptors (Lipinski definition) is 6. The van der Waals surface area contributed by atoms with Gasteiger partial charge in [0.25, 0.3) is 0 Å². The quantitative estimate of drug-likeness (QED) is 0.335. The van der Waals surface area contributed by atoms with Crippen molar-refractivity contribution < 1.29 is 14.3 Å². The minimum atomic E-state index is -0.347. The predicted octanol–water partition coefficient (Wildman–Crippen LogP) is 2.16. The fraction of sp³-hybridized carbons (Fsp3) is 0.667. The van der Waals surface area contributed by atoms with Crippen molar-refractivity contribution in [1.29, 1.82) is 0 Å². The van der Waals surface area contributed by atoms with Crippen molar-refractivity contribution in [2.24, 2.45) is 4.99 Å². The van der Waals surface area contributed by atoms with Gasteiger partial charge in [-0.3, -0.25) is 9.79 Å². The SMILES string of the molecule is CCOC(=O)c1sc(C(C)NC(=NC)NCCC(=O)NC(C)CC)nc1C. The van der Waals surface area contributed by atoms with Crippen molar-refractivity contribution in [3.8, 4) is 0 Å². The van der Waals surface area contributed by atoms with Crippen molar-refractivity contribution in [3.63, 3.8) is 0 Å². The molecular weight excluding hydrogens is 366 g/mol. The van der Waals surface area contributed by atoms with E-state index in [0.717, 1.165) is 11.4 Å². The average molecular weight is 398 g/mol. The first-order valence-corrected chi connectivity index (χ1v) is 10.0. The van der Waals surface area contributed by atoms with Crippen LogP contribution in [0.4, 0.5) is 0 Å². The number of aromatic nitrogens is 1. The number of carbonyl (C=O) groups excluding carboxylic acids is 2. The summed E-state index contributed by atoms with van der Waals surface area (Å²) in [7, 11) is 1.67. The van der Waals surface area contributed by atoms with Gasteiger partial charge in [0.05, 0.1) is 18.3 Å². The molecule has 0 fully saturated rings. The first-order chi connectivity index (χ1) is 12.8. The standard InChI is InChI=1S/C18H31N5O3S/c1-7-11(3)21-14(24)9-10-20-18(19-6)23-13(5)16-22-12(4)15(27-16)17(25)26-8-2/h11,13H,7-10H2,1-6H3,(H,21,24)(H2,19,20,23). The summed E-state index contributed by atoms with van der Waals surface area (Å²) in [6.45, 7) is 10.3. The number of guanidine groups is 1. The van der Waals surface area contributed by atoms with Gasteiger partial charge in [0.1, 0.15) is 9.88 Å². The van der Waals surface area contributed by atoms with Crippen molar-refractivity contribution in [3.05, 3.63) is 15.6 Å². The van der Waals surface area contributed by atoms with Crippen LogP contribution in [0, 0.1) is 6.92 Å². The lowest BCUT2D eigenvalue weighted by Gasteiger charge is -2.16. The Morgan fingerprint density at radius 1 is 1.26 bits per heavy atom. The van der Waals surface area contributed by atoms with E-state index in [9.17, 15) is 9.59 Å². The van der Waals surface area contributed by atoms with Crippen molar-refractivity contribution >= 4 is 29.2 Å². The Morgan fingerprint density at radius 2 is 1.96 bits per heavy atom. The Morgan fingerprint density at radius 3 is 2.56 bits per heavy atom. The maximum atomic E-state index is 11.9. The number of ether oxygens (including phenoxy) is 1. The van der Waals surface area contributed by atoms with Gasteiger partial charge < -0.3 is 20.7 Å². The van der Waals surface area contributed by atoms with Crippen LogP contribution in [-0.2, 0) is 9.53 Å². The number of nitrogens with one attached hydrogen (secondary N) is 3. The minimum Gasteiger partial charge on any atom is -0.462 e. The summed E-state index contributed by atoms with van der Waals surface area (Å²) in [6, 6.07) is 0.0358. The summed E-state index contributed by atoms with van der Waals surface area (Å²) in [6.07, 6.45) is 1.27. The van der Waals surface area contributed by atoms with Crippen molar-refractivity contribution in [1.82, 2.24) is 20.9 Å². The third kappa shape index (κ3) is 7.54. The molecule has 0 aromatic carbocycles. The fourth-order valence-corrected chi connectivity index (χ4v) is 3.16. The zero-order valence-electron chi connectivity index (χ0n) is 17.0. The number of hydrogen-bond donors (Lipinski definition) is 3. The van der Waals surface area contributed by atoms with E-state index < -0.39 is 0 Å². The van der Waals surface area contributed by atoms with Crippen molar-refractivity contribution in [2.45, 2.75) is 59.5 Å². The van der Waals surface area contributed by atoms with Crippen LogP contribution in [0.3, 0.4) is 0 Å². The van der Waals surface area contributed by atoms with E-state index in [-0.39, 0.29) is 24.0 Å². The molecule has 8 nitrogen and oxygen atoms in total. The van der Waals surface area contributed by atoms with Crippen LogP contribution in [0.5, 0.6) is 0 Å². The van der Waals surface area contributed by atoms with Crippen molar-refractivity contribution in [2.75, 3.05) is 20.2 Å². The maximum Gasteiger partial charge on any atom is 0.350 e. The molecule has 1 amide bonds. The summed E-state index contributed by atoms with van der Waals surface area (Å²) in [5.41, 5.74) is 0.659. The van der Waals surface area contributed by atoms with E-state index >= 15 is 0 Å². The monoisotopic (exact) mass is 397 g/mol. The van der Waals surface area contributed by atoms with Crippen LogP contribution in [0.15, 0.2) is 4.99 Å². The molecule has 0 aliphatic rings. The number of aryl methyl sites for hydroxylation is 1. The number of carbonyl (C=O) groups is 2. The van der Waals surface area contributed by atoms with E-state index in [1.807, 2.05) is 20.8 Å². The first kappa shape index (κ1) is 22.9. The second kappa shape index (κ2) is 11.5. The Bertz CT molecular complexity index is 659. The fourth-order valence-electron chi connectivity index (χ4n) is 2.19. The largest absolute Gasteiger partial charge is 0.462 e. The molecule has 1 aromatic rings. The molecule has 0 bridgehead atoms. The molecule has 0 saturated heterocycles. The molecule has 1 aromatic heterocycles.